The lowest BCUT2D eigenvalue weighted by Gasteiger charge is -2.66. The highest BCUT2D eigenvalue weighted by Gasteiger charge is 2.84. The molecule has 48 heavy (non-hydrogen) atoms. The molecule has 4 saturated carbocycles. The van der Waals surface area contributed by atoms with Gasteiger partial charge in [-0.15, -0.1) is 0 Å². The van der Waals surface area contributed by atoms with Crippen molar-refractivity contribution in [3.63, 3.8) is 0 Å². The minimum Gasteiger partial charge on any atom is -0.462 e. The molecule has 13 heteroatoms. The molecule has 0 radical (unpaired) electrons. The zero-order valence-corrected chi connectivity index (χ0v) is 28.7. The maximum absolute atomic E-state index is 14.5. The van der Waals surface area contributed by atoms with E-state index in [9.17, 15) is 39.3 Å². The summed E-state index contributed by atoms with van der Waals surface area (Å²) in [6.07, 6.45) is -2.06. The standard InChI is InChI=1S/C35H46O13/c1-12-10-19-33(8,34(9,41)30(40)48-19)24-20(12)32(7)23(26(24)44-14(3)36)22-21(13(2)28(32)45-15(4)37)31(6)17(27(39)35(22,42)43)11-18-25(47-18)29(31)46-16(5)38/h10,12-13,17-18,20-26,28-29,41-43H,11H2,1-9H3/t12-,13+,17-,18+,20+,21+,22-,23-,24+,25+,26-,28+,29+,31+,32-,33+,34-/m1/s1. The van der Waals surface area contributed by atoms with Crippen molar-refractivity contribution in [1.29, 1.82) is 0 Å². The second-order valence-corrected chi connectivity index (χ2v) is 16.4. The molecule has 0 bridgehead atoms. The van der Waals surface area contributed by atoms with Crippen molar-refractivity contribution in [3.05, 3.63) is 11.8 Å². The van der Waals surface area contributed by atoms with Gasteiger partial charge >= 0.3 is 23.9 Å². The lowest BCUT2D eigenvalue weighted by Crippen LogP contribution is -2.76. The van der Waals surface area contributed by atoms with Crippen molar-refractivity contribution in [3.8, 4) is 0 Å². The van der Waals surface area contributed by atoms with Crippen LogP contribution in [0.1, 0.15) is 68.7 Å². The average Bonchev–Trinajstić information content (AvgIpc) is 3.65. The van der Waals surface area contributed by atoms with Gasteiger partial charge in [0.25, 0.3) is 0 Å². The summed E-state index contributed by atoms with van der Waals surface area (Å²) < 4.78 is 30.0. The highest BCUT2D eigenvalue weighted by atomic mass is 16.6. The molecule has 7 aliphatic rings. The van der Waals surface area contributed by atoms with Crippen LogP contribution in [0.4, 0.5) is 0 Å². The van der Waals surface area contributed by atoms with Crippen molar-refractivity contribution in [2.75, 3.05) is 0 Å². The van der Waals surface area contributed by atoms with E-state index in [1.807, 2.05) is 20.8 Å². The van der Waals surface area contributed by atoms with Crippen LogP contribution in [-0.2, 0) is 47.7 Å². The molecule has 7 rings (SSSR count). The van der Waals surface area contributed by atoms with Gasteiger partial charge in [-0.25, -0.2) is 4.79 Å². The highest BCUT2D eigenvalue weighted by molar-refractivity contribution is 5.90. The lowest BCUT2D eigenvalue weighted by atomic mass is 9.39. The summed E-state index contributed by atoms with van der Waals surface area (Å²) in [6, 6.07) is 0. The van der Waals surface area contributed by atoms with Gasteiger partial charge in [-0.1, -0.05) is 27.7 Å². The number of carbonyl (C=O) groups excluding carboxylic acids is 5. The Kier molecular flexibility index (Phi) is 6.92. The van der Waals surface area contributed by atoms with Crippen molar-refractivity contribution in [1.82, 2.24) is 0 Å². The fourth-order valence-corrected chi connectivity index (χ4v) is 12.5. The lowest BCUT2D eigenvalue weighted by molar-refractivity contribution is -0.313. The van der Waals surface area contributed by atoms with Gasteiger partial charge in [0.05, 0.1) is 11.5 Å². The molecule has 13 nitrogen and oxygen atoms in total. The van der Waals surface area contributed by atoms with Gasteiger partial charge in [-0.3, -0.25) is 19.2 Å². The summed E-state index contributed by atoms with van der Waals surface area (Å²) in [5.74, 6) is -13.1. The van der Waals surface area contributed by atoms with E-state index in [4.69, 9.17) is 23.7 Å². The second kappa shape index (κ2) is 9.88. The first kappa shape index (κ1) is 33.6. The van der Waals surface area contributed by atoms with Crippen molar-refractivity contribution in [2.24, 2.45) is 63.6 Å². The monoisotopic (exact) mass is 674 g/mol. The molecule has 3 N–H and O–H groups in total. The summed E-state index contributed by atoms with van der Waals surface area (Å²) in [5.41, 5.74) is -5.97. The molecule has 2 aliphatic heterocycles. The average molecular weight is 675 g/mol. The Balaban J connectivity index is 1.52. The number of Topliss-reactive ketones (excluding diaryl/α,β-unsaturated/α-hetero) is 1. The summed E-state index contributed by atoms with van der Waals surface area (Å²) in [6.45, 7) is 14.2. The van der Waals surface area contributed by atoms with Gasteiger partial charge in [0, 0.05) is 55.3 Å². The second-order valence-electron chi connectivity index (χ2n) is 16.4. The summed E-state index contributed by atoms with van der Waals surface area (Å²) >= 11 is 0. The molecule has 0 aromatic carbocycles. The number of hydrogen-bond acceptors (Lipinski definition) is 13. The number of hydrogen-bond donors (Lipinski definition) is 3. The zero-order chi connectivity index (χ0) is 35.4. The Bertz CT molecular complexity index is 1550. The Morgan fingerprint density at radius 2 is 1.38 bits per heavy atom. The van der Waals surface area contributed by atoms with Crippen molar-refractivity contribution >= 4 is 29.7 Å². The highest BCUT2D eigenvalue weighted by Crippen LogP contribution is 2.77. The number of ether oxygens (including phenoxy) is 5. The number of fused-ring (bicyclic) bond motifs is 10. The number of rotatable bonds is 3. The van der Waals surface area contributed by atoms with E-state index < -0.39 is 135 Å². The summed E-state index contributed by atoms with van der Waals surface area (Å²) in [7, 11) is 0. The van der Waals surface area contributed by atoms with E-state index in [-0.39, 0.29) is 12.2 Å². The van der Waals surface area contributed by atoms with Crippen LogP contribution in [0.25, 0.3) is 0 Å². The fourth-order valence-electron chi connectivity index (χ4n) is 12.5. The molecule has 2 heterocycles. The minimum atomic E-state index is -2.95. The van der Waals surface area contributed by atoms with E-state index in [0.717, 1.165) is 0 Å². The van der Waals surface area contributed by atoms with Crippen LogP contribution >= 0.6 is 0 Å². The number of epoxide rings is 1. The Morgan fingerprint density at radius 3 is 1.96 bits per heavy atom. The molecule has 2 saturated heterocycles. The normalized spacial score (nSPS) is 53.8. The smallest absolute Gasteiger partial charge is 0.343 e. The van der Waals surface area contributed by atoms with Crippen LogP contribution in [0.2, 0.25) is 0 Å². The maximum Gasteiger partial charge on any atom is 0.343 e. The van der Waals surface area contributed by atoms with Crippen LogP contribution < -0.4 is 0 Å². The SMILES string of the molecule is CC(=O)O[C@@H]1[C@H]2[C@H]3[C@H]([C@H](C)[C@H](OC(C)=O)[C@]2(C)[C@@H]2[C@@H]1[C@]1(C)C(=C[C@H]2C)OC(=O)[C@@]1(C)O)[C@]1(C)[C@H](C[C@@H]2O[C@@H]2[C@@H]1OC(C)=O)C(=O)C3(O)O. The Labute approximate surface area is 278 Å². The quantitative estimate of drug-likeness (QED) is 0.169. The molecule has 0 aromatic rings. The van der Waals surface area contributed by atoms with Crippen LogP contribution in [0.15, 0.2) is 11.8 Å². The van der Waals surface area contributed by atoms with Crippen LogP contribution in [0, 0.1) is 63.6 Å². The van der Waals surface area contributed by atoms with Gasteiger partial charge < -0.3 is 39.0 Å². The van der Waals surface area contributed by atoms with Gasteiger partial charge in [-0.2, -0.15) is 0 Å². The third kappa shape index (κ3) is 3.79. The van der Waals surface area contributed by atoms with E-state index in [2.05, 4.69) is 0 Å². The van der Waals surface area contributed by atoms with Crippen LogP contribution in [-0.4, -0.2) is 86.9 Å². The predicted molar refractivity (Wildman–Crippen MR) is 161 cm³/mol. The Hall–Kier alpha value is -2.87. The largest absolute Gasteiger partial charge is 0.462 e. The number of carbonyl (C=O) groups is 5. The number of aliphatic hydroxyl groups is 3. The minimum absolute atomic E-state index is 0.181. The summed E-state index contributed by atoms with van der Waals surface area (Å²) in [4.78, 5) is 66.3. The van der Waals surface area contributed by atoms with Crippen LogP contribution in [0.5, 0.6) is 0 Å². The van der Waals surface area contributed by atoms with Gasteiger partial charge in [-0.05, 0) is 50.0 Å². The Morgan fingerprint density at radius 1 is 0.792 bits per heavy atom. The molecule has 0 unspecified atom stereocenters. The van der Waals surface area contributed by atoms with Crippen LogP contribution in [0.3, 0.4) is 0 Å². The first-order chi connectivity index (χ1) is 22.1. The van der Waals surface area contributed by atoms with Gasteiger partial charge in [0.15, 0.2) is 11.4 Å². The number of esters is 4. The summed E-state index contributed by atoms with van der Waals surface area (Å²) in [5, 5.41) is 36.3. The first-order valence-electron chi connectivity index (χ1n) is 16.9. The molecular weight excluding hydrogens is 628 g/mol. The van der Waals surface area contributed by atoms with Crippen molar-refractivity contribution in [2.45, 2.75) is 111 Å². The number of allylic oxidation sites excluding steroid dienone is 1. The maximum atomic E-state index is 14.5. The van der Waals surface area contributed by atoms with E-state index in [0.29, 0.717) is 0 Å². The fraction of sp³-hybridized carbons (Fsp3) is 0.800. The number of ketones is 1. The first-order valence-corrected chi connectivity index (χ1v) is 16.9. The molecule has 0 amide bonds. The van der Waals surface area contributed by atoms with E-state index >= 15 is 0 Å². The van der Waals surface area contributed by atoms with Gasteiger partial charge in [0.2, 0.25) is 5.79 Å². The molecule has 0 spiro atoms. The van der Waals surface area contributed by atoms with Crippen molar-refractivity contribution < 1.29 is 63.0 Å². The molecule has 17 atom stereocenters. The zero-order valence-electron chi connectivity index (χ0n) is 28.7. The molecule has 5 aliphatic carbocycles. The predicted octanol–water partition coefficient (Wildman–Crippen LogP) is 1.44. The third-order valence-corrected chi connectivity index (χ3v) is 14.2. The molecule has 6 fully saturated rings. The topological polar surface area (TPSA) is 195 Å². The van der Waals surface area contributed by atoms with E-state index in [1.165, 1.54) is 27.7 Å². The van der Waals surface area contributed by atoms with E-state index in [1.54, 1.807) is 19.9 Å². The molecule has 264 valence electrons. The van der Waals surface area contributed by atoms with Gasteiger partial charge in [0.1, 0.15) is 30.2 Å². The molecular formula is C35H46O13. The third-order valence-electron chi connectivity index (χ3n) is 14.2. The molecule has 0 aromatic heterocycles.